The molecule has 0 radical (unpaired) electrons. The molecule has 1 amide bonds. The zero-order chi connectivity index (χ0) is 13.1. The second kappa shape index (κ2) is 4.94. The molecule has 5 nitrogen and oxygen atoms in total. The maximum absolute atomic E-state index is 10.7. The van der Waals surface area contributed by atoms with Crippen molar-refractivity contribution < 1.29 is 14.3 Å². The number of carbonyl (C=O) groups is 1. The Balaban J connectivity index is 2.56. The third-order valence-corrected chi connectivity index (χ3v) is 3.42. The van der Waals surface area contributed by atoms with Gasteiger partial charge in [0.1, 0.15) is 16.7 Å². The Bertz CT molecular complexity index is 643. The van der Waals surface area contributed by atoms with Gasteiger partial charge in [-0.15, -0.1) is 11.3 Å². The summed E-state index contributed by atoms with van der Waals surface area (Å²) in [4.78, 5) is 11.1. The van der Waals surface area contributed by atoms with Gasteiger partial charge in [-0.3, -0.25) is 4.79 Å². The maximum atomic E-state index is 10.7. The summed E-state index contributed by atoms with van der Waals surface area (Å²) in [6.07, 6.45) is 0. The van der Waals surface area contributed by atoms with Gasteiger partial charge >= 0.3 is 0 Å². The molecule has 1 heterocycles. The molecule has 1 aromatic heterocycles. The molecule has 2 N–H and O–H groups in total. The number of benzene rings is 1. The van der Waals surface area contributed by atoms with Crippen molar-refractivity contribution >= 4 is 27.3 Å². The first-order chi connectivity index (χ1) is 8.67. The van der Waals surface area contributed by atoms with E-state index >= 15 is 0 Å². The van der Waals surface area contributed by atoms with Crippen LogP contribution in [0.4, 0.5) is 0 Å². The number of primary amides is 1. The third kappa shape index (κ3) is 2.08. The molecule has 6 heteroatoms. The fourth-order valence-corrected chi connectivity index (χ4v) is 2.63. The number of hydrogen-bond acceptors (Lipinski definition) is 5. The lowest BCUT2D eigenvalue weighted by molar-refractivity contribution is -0.119. The van der Waals surface area contributed by atoms with E-state index in [1.165, 1.54) is 11.3 Å². The van der Waals surface area contributed by atoms with Crippen LogP contribution in [0.25, 0.3) is 10.1 Å². The van der Waals surface area contributed by atoms with Gasteiger partial charge in [-0.2, -0.15) is 5.26 Å². The van der Waals surface area contributed by atoms with E-state index in [1.54, 1.807) is 19.2 Å². The number of fused-ring (bicyclic) bond motifs is 1. The number of nitrogens with zero attached hydrogens (tertiary/aromatic N) is 1. The lowest BCUT2D eigenvalue weighted by Crippen LogP contribution is -2.20. The molecule has 0 unspecified atom stereocenters. The fourth-order valence-electron chi connectivity index (χ4n) is 1.59. The summed E-state index contributed by atoms with van der Waals surface area (Å²) >= 11 is 1.26. The average Bonchev–Trinajstić information content (AvgIpc) is 2.73. The summed E-state index contributed by atoms with van der Waals surface area (Å²) in [7, 11) is 1.56. The second-order valence-corrected chi connectivity index (χ2v) is 4.48. The monoisotopic (exact) mass is 262 g/mol. The Hall–Kier alpha value is -2.26. The summed E-state index contributed by atoms with van der Waals surface area (Å²) in [5.74, 6) is 0.472. The summed E-state index contributed by atoms with van der Waals surface area (Å²) in [6.45, 7) is -0.252. The molecule has 1 aromatic carbocycles. The zero-order valence-electron chi connectivity index (χ0n) is 9.60. The average molecular weight is 262 g/mol. The summed E-state index contributed by atoms with van der Waals surface area (Å²) in [6, 6.07) is 7.46. The van der Waals surface area contributed by atoms with Crippen molar-refractivity contribution in [2.24, 2.45) is 5.73 Å². The van der Waals surface area contributed by atoms with Gasteiger partial charge in [0.15, 0.2) is 12.4 Å². The summed E-state index contributed by atoms with van der Waals surface area (Å²) < 4.78 is 11.3. The molecule has 0 fully saturated rings. The van der Waals surface area contributed by atoms with Crippen molar-refractivity contribution in [3.8, 4) is 17.6 Å². The minimum Gasteiger partial charge on any atom is -0.495 e. The van der Waals surface area contributed by atoms with Crippen LogP contribution in [0.3, 0.4) is 0 Å². The Morgan fingerprint density at radius 3 is 2.94 bits per heavy atom. The largest absolute Gasteiger partial charge is 0.495 e. The van der Waals surface area contributed by atoms with Gasteiger partial charge in [-0.05, 0) is 12.1 Å². The number of hydrogen-bond donors (Lipinski definition) is 1. The Morgan fingerprint density at radius 1 is 1.56 bits per heavy atom. The molecule has 2 rings (SSSR count). The van der Waals surface area contributed by atoms with Crippen molar-refractivity contribution in [2.45, 2.75) is 0 Å². The van der Waals surface area contributed by atoms with Gasteiger partial charge in [0.05, 0.1) is 11.8 Å². The first-order valence-corrected chi connectivity index (χ1v) is 5.89. The number of methoxy groups -OCH3 is 1. The first kappa shape index (κ1) is 12.2. The lowest BCUT2D eigenvalue weighted by atomic mass is 10.2. The number of carbonyl (C=O) groups excluding carboxylic acids is 1. The van der Waals surface area contributed by atoms with Crippen molar-refractivity contribution in [1.29, 1.82) is 5.26 Å². The highest BCUT2D eigenvalue weighted by Gasteiger charge is 2.16. The van der Waals surface area contributed by atoms with E-state index < -0.39 is 5.91 Å². The highest BCUT2D eigenvalue weighted by Crippen LogP contribution is 2.41. The van der Waals surface area contributed by atoms with Gasteiger partial charge in [-0.1, -0.05) is 6.07 Å². The molecule has 2 aromatic rings. The SMILES string of the molecule is COc1cccc2c(OCC(N)=O)c(C#N)sc12. The van der Waals surface area contributed by atoms with Crippen LogP contribution in [0.1, 0.15) is 4.88 Å². The van der Waals surface area contributed by atoms with Crippen molar-refractivity contribution in [3.63, 3.8) is 0 Å². The third-order valence-electron chi connectivity index (χ3n) is 2.31. The molecular formula is C12H10N2O3S. The second-order valence-electron chi connectivity index (χ2n) is 3.46. The fraction of sp³-hybridized carbons (Fsp3) is 0.167. The van der Waals surface area contributed by atoms with Gasteiger partial charge in [0.2, 0.25) is 0 Å². The van der Waals surface area contributed by atoms with Gasteiger partial charge in [0, 0.05) is 5.39 Å². The van der Waals surface area contributed by atoms with E-state index in [-0.39, 0.29) is 6.61 Å². The molecule has 0 aliphatic carbocycles. The molecule has 0 saturated carbocycles. The minimum absolute atomic E-state index is 0.252. The number of rotatable bonds is 4. The first-order valence-electron chi connectivity index (χ1n) is 5.08. The number of thiophene rings is 1. The van der Waals surface area contributed by atoms with E-state index in [2.05, 4.69) is 0 Å². The van der Waals surface area contributed by atoms with Crippen LogP contribution in [0.15, 0.2) is 18.2 Å². The van der Waals surface area contributed by atoms with Crippen molar-refractivity contribution in [2.75, 3.05) is 13.7 Å². The van der Waals surface area contributed by atoms with E-state index in [4.69, 9.17) is 20.5 Å². The van der Waals surface area contributed by atoms with Gasteiger partial charge < -0.3 is 15.2 Å². The topological polar surface area (TPSA) is 85.3 Å². The highest BCUT2D eigenvalue weighted by molar-refractivity contribution is 7.20. The standard InChI is InChI=1S/C12H10N2O3S/c1-16-8-4-2-3-7-11(17-6-10(14)15)9(5-13)18-12(7)8/h2-4H,6H2,1H3,(H2,14,15). The number of ether oxygens (including phenoxy) is 2. The van der Waals surface area contributed by atoms with Crippen LogP contribution in [0.5, 0.6) is 11.5 Å². The van der Waals surface area contributed by atoms with Crippen molar-refractivity contribution in [3.05, 3.63) is 23.1 Å². The Morgan fingerprint density at radius 2 is 2.33 bits per heavy atom. The summed E-state index contributed by atoms with van der Waals surface area (Å²) in [5, 5.41) is 9.82. The van der Waals surface area contributed by atoms with Gasteiger partial charge in [-0.25, -0.2) is 0 Å². The van der Waals surface area contributed by atoms with Crippen LogP contribution in [-0.4, -0.2) is 19.6 Å². The van der Waals surface area contributed by atoms with Crippen molar-refractivity contribution in [1.82, 2.24) is 0 Å². The molecule has 0 aliphatic heterocycles. The minimum atomic E-state index is -0.582. The number of amides is 1. The zero-order valence-corrected chi connectivity index (χ0v) is 10.4. The van der Waals surface area contributed by atoms with Crippen LogP contribution in [0.2, 0.25) is 0 Å². The normalized spacial score (nSPS) is 10.0. The molecule has 0 aliphatic rings. The van der Waals surface area contributed by atoms with E-state index in [0.717, 1.165) is 10.1 Å². The molecule has 0 bridgehead atoms. The number of nitrogens with two attached hydrogens (primary N) is 1. The highest BCUT2D eigenvalue weighted by atomic mass is 32.1. The van der Waals surface area contributed by atoms with E-state index in [9.17, 15) is 4.79 Å². The maximum Gasteiger partial charge on any atom is 0.255 e. The predicted octanol–water partition coefficient (Wildman–Crippen LogP) is 1.65. The van der Waals surface area contributed by atoms with E-state index in [1.807, 2.05) is 12.1 Å². The van der Waals surface area contributed by atoms with Crippen LogP contribution in [0, 0.1) is 11.3 Å². The lowest BCUT2D eigenvalue weighted by Gasteiger charge is -2.03. The number of nitriles is 1. The molecule has 0 atom stereocenters. The van der Waals surface area contributed by atoms with Crippen LogP contribution >= 0.6 is 11.3 Å². The molecular weight excluding hydrogens is 252 g/mol. The molecule has 18 heavy (non-hydrogen) atoms. The summed E-state index contributed by atoms with van der Waals surface area (Å²) in [5.41, 5.74) is 5.03. The quantitative estimate of drug-likeness (QED) is 0.907. The molecule has 0 saturated heterocycles. The predicted molar refractivity (Wildman–Crippen MR) is 67.8 cm³/mol. The van der Waals surface area contributed by atoms with Crippen LogP contribution < -0.4 is 15.2 Å². The van der Waals surface area contributed by atoms with E-state index in [0.29, 0.717) is 16.4 Å². The smallest absolute Gasteiger partial charge is 0.255 e. The molecule has 92 valence electrons. The molecule has 0 spiro atoms. The Kier molecular flexibility index (Phi) is 3.35. The van der Waals surface area contributed by atoms with Crippen LogP contribution in [-0.2, 0) is 4.79 Å². The Labute approximate surface area is 107 Å². The van der Waals surface area contributed by atoms with Gasteiger partial charge in [0.25, 0.3) is 5.91 Å².